The van der Waals surface area contributed by atoms with Crippen molar-refractivity contribution in [3.63, 3.8) is 0 Å². The Morgan fingerprint density at radius 3 is 1.88 bits per heavy atom. The van der Waals surface area contributed by atoms with Gasteiger partial charge in [-0.1, -0.05) is 13.0 Å². The van der Waals surface area contributed by atoms with Gasteiger partial charge in [0.2, 0.25) is 0 Å². The molecular weight excluding hydrogens is 117 g/mol. The summed E-state index contributed by atoms with van der Waals surface area (Å²) in [7, 11) is 0. The summed E-state index contributed by atoms with van der Waals surface area (Å²) in [6.07, 6.45) is -3.23. The number of rotatable bonds is 1. The molecule has 0 aliphatic carbocycles. The molecule has 0 amide bonds. The molecule has 0 nitrogen and oxygen atoms in total. The van der Waals surface area contributed by atoms with Crippen LogP contribution in [-0.2, 0) is 0 Å². The van der Waals surface area contributed by atoms with E-state index >= 15 is 0 Å². The highest BCUT2D eigenvalue weighted by Crippen LogP contribution is 2.25. The van der Waals surface area contributed by atoms with E-state index in [1.165, 1.54) is 0 Å². The van der Waals surface area contributed by atoms with Gasteiger partial charge in [-0.2, -0.15) is 13.2 Å². The third kappa shape index (κ3) is 2.00. The van der Waals surface area contributed by atoms with Crippen molar-refractivity contribution < 1.29 is 13.2 Å². The predicted octanol–water partition coefficient (Wildman–Crippen LogP) is 2.37. The van der Waals surface area contributed by atoms with Gasteiger partial charge in [0.05, 0.1) is 5.92 Å². The second kappa shape index (κ2) is 2.20. The maximum Gasteiger partial charge on any atom is 0.394 e. The lowest BCUT2D eigenvalue weighted by Gasteiger charge is -2.08. The van der Waals surface area contributed by atoms with Crippen LogP contribution in [0.25, 0.3) is 0 Å². The Morgan fingerprint density at radius 1 is 1.50 bits per heavy atom. The molecule has 3 heteroatoms. The smallest absolute Gasteiger partial charge is 0.170 e. The van der Waals surface area contributed by atoms with Crippen LogP contribution in [-0.4, -0.2) is 6.18 Å². The quantitative estimate of drug-likeness (QED) is 0.471. The molecule has 0 aromatic heterocycles. The molecule has 0 bridgehead atoms. The van der Waals surface area contributed by atoms with Gasteiger partial charge < -0.3 is 0 Å². The lowest BCUT2D eigenvalue weighted by Crippen LogP contribution is -2.16. The summed E-state index contributed by atoms with van der Waals surface area (Å²) in [6, 6.07) is 0. The van der Waals surface area contributed by atoms with Gasteiger partial charge in [-0.3, -0.25) is 0 Å². The molecular formula is C5H7F3. The first-order valence-electron chi connectivity index (χ1n) is 2.17. The zero-order valence-corrected chi connectivity index (χ0v) is 4.50. The lowest BCUT2D eigenvalue weighted by atomic mass is 10.2. The topological polar surface area (TPSA) is 0 Å². The van der Waals surface area contributed by atoms with E-state index in [0.717, 1.165) is 13.0 Å². The molecule has 48 valence electrons. The van der Waals surface area contributed by atoms with Crippen LogP contribution >= 0.6 is 0 Å². The van der Waals surface area contributed by atoms with Gasteiger partial charge in [-0.15, -0.1) is 6.58 Å². The third-order valence-electron chi connectivity index (χ3n) is 0.870. The van der Waals surface area contributed by atoms with Gasteiger partial charge in [-0.25, -0.2) is 0 Å². The summed E-state index contributed by atoms with van der Waals surface area (Å²) < 4.78 is 34.1. The highest BCUT2D eigenvalue weighted by atomic mass is 19.4. The maximum atomic E-state index is 11.4. The summed E-state index contributed by atoms with van der Waals surface area (Å²) in [5, 5.41) is 0. The number of hydrogen-bond acceptors (Lipinski definition) is 0. The summed E-state index contributed by atoms with van der Waals surface area (Å²) in [4.78, 5) is 0. The average Bonchev–Trinajstić information content (AvgIpc) is 1.62. The van der Waals surface area contributed by atoms with E-state index in [9.17, 15) is 13.2 Å². The highest BCUT2D eigenvalue weighted by Gasteiger charge is 2.33. The van der Waals surface area contributed by atoms with Gasteiger partial charge in [0.15, 0.2) is 0 Å². The number of allylic oxidation sites excluding steroid dienone is 1. The van der Waals surface area contributed by atoms with Gasteiger partial charge in [0.1, 0.15) is 0 Å². The van der Waals surface area contributed by atoms with Crippen molar-refractivity contribution in [3.05, 3.63) is 12.7 Å². The van der Waals surface area contributed by atoms with Crippen molar-refractivity contribution in [2.24, 2.45) is 5.92 Å². The van der Waals surface area contributed by atoms with Crippen molar-refractivity contribution in [3.8, 4) is 0 Å². The molecule has 0 aromatic carbocycles. The molecule has 8 heavy (non-hydrogen) atoms. The summed E-state index contributed by atoms with van der Waals surface area (Å²) >= 11 is 0. The second-order valence-electron chi connectivity index (χ2n) is 1.57. The Morgan fingerprint density at radius 2 is 1.88 bits per heavy atom. The molecule has 0 fully saturated rings. The second-order valence-corrected chi connectivity index (χ2v) is 1.57. The SMILES string of the molecule is C=CC(C)C(F)(F)F. The Labute approximate surface area is 46.0 Å². The molecule has 0 N–H and O–H groups in total. The van der Waals surface area contributed by atoms with Crippen LogP contribution in [0.2, 0.25) is 0 Å². The van der Waals surface area contributed by atoms with Crippen LogP contribution in [0.1, 0.15) is 6.92 Å². The van der Waals surface area contributed by atoms with Gasteiger partial charge in [0.25, 0.3) is 0 Å². The van der Waals surface area contributed by atoms with Crippen molar-refractivity contribution in [2.45, 2.75) is 13.1 Å². The Hall–Kier alpha value is -0.470. The lowest BCUT2D eigenvalue weighted by molar-refractivity contribution is -0.156. The fourth-order valence-corrected chi connectivity index (χ4v) is 0.134. The molecule has 1 unspecified atom stereocenters. The highest BCUT2D eigenvalue weighted by molar-refractivity contribution is 4.80. The van der Waals surface area contributed by atoms with Gasteiger partial charge >= 0.3 is 6.18 Å². The van der Waals surface area contributed by atoms with Crippen molar-refractivity contribution >= 4 is 0 Å². The minimum atomic E-state index is -4.11. The van der Waals surface area contributed by atoms with E-state index in [-0.39, 0.29) is 0 Å². The summed E-state index contributed by atoms with van der Waals surface area (Å²) in [5.74, 6) is -1.39. The third-order valence-corrected chi connectivity index (χ3v) is 0.870. The Kier molecular flexibility index (Phi) is 2.07. The Bertz CT molecular complexity index is 82.2. The molecule has 0 rings (SSSR count). The minimum absolute atomic E-state index is 0.875. The molecule has 0 saturated carbocycles. The first kappa shape index (κ1) is 7.53. The zero-order chi connectivity index (χ0) is 6.78. The largest absolute Gasteiger partial charge is 0.394 e. The van der Waals surface area contributed by atoms with Gasteiger partial charge in [-0.05, 0) is 0 Å². The first-order chi connectivity index (χ1) is 3.48. The normalized spacial score (nSPS) is 15.5. The molecule has 0 heterocycles. The number of halogens is 3. The van der Waals surface area contributed by atoms with E-state index in [0.29, 0.717) is 0 Å². The standard InChI is InChI=1S/C5H7F3/c1-3-4(2)5(6,7)8/h3-4H,1H2,2H3. The molecule has 0 aliphatic rings. The molecule has 0 saturated heterocycles. The molecule has 1 atom stereocenters. The number of hydrogen-bond donors (Lipinski definition) is 0. The van der Waals surface area contributed by atoms with E-state index in [4.69, 9.17) is 0 Å². The average molecular weight is 124 g/mol. The van der Waals surface area contributed by atoms with Crippen LogP contribution in [0.3, 0.4) is 0 Å². The van der Waals surface area contributed by atoms with Crippen molar-refractivity contribution in [1.29, 1.82) is 0 Å². The van der Waals surface area contributed by atoms with Gasteiger partial charge in [0, 0.05) is 0 Å². The first-order valence-corrected chi connectivity index (χ1v) is 2.17. The van der Waals surface area contributed by atoms with Crippen LogP contribution in [0.4, 0.5) is 13.2 Å². The van der Waals surface area contributed by atoms with Crippen LogP contribution in [0.15, 0.2) is 12.7 Å². The van der Waals surface area contributed by atoms with E-state index < -0.39 is 12.1 Å². The monoisotopic (exact) mass is 124 g/mol. The Balaban J connectivity index is 3.80. The van der Waals surface area contributed by atoms with E-state index in [1.54, 1.807) is 0 Å². The molecule has 0 aliphatic heterocycles. The fraction of sp³-hybridized carbons (Fsp3) is 0.600. The number of alkyl halides is 3. The predicted molar refractivity (Wildman–Crippen MR) is 25.4 cm³/mol. The van der Waals surface area contributed by atoms with Crippen molar-refractivity contribution in [2.75, 3.05) is 0 Å². The fourth-order valence-electron chi connectivity index (χ4n) is 0.134. The van der Waals surface area contributed by atoms with Crippen LogP contribution in [0.5, 0.6) is 0 Å². The molecule has 0 aromatic rings. The maximum absolute atomic E-state index is 11.4. The van der Waals surface area contributed by atoms with E-state index in [2.05, 4.69) is 6.58 Å². The van der Waals surface area contributed by atoms with Crippen LogP contribution < -0.4 is 0 Å². The van der Waals surface area contributed by atoms with Crippen molar-refractivity contribution in [1.82, 2.24) is 0 Å². The molecule has 0 spiro atoms. The van der Waals surface area contributed by atoms with Crippen LogP contribution in [0, 0.1) is 5.92 Å². The zero-order valence-electron chi connectivity index (χ0n) is 4.50. The minimum Gasteiger partial charge on any atom is -0.170 e. The summed E-state index contributed by atoms with van der Waals surface area (Å²) in [6.45, 7) is 4.07. The molecule has 0 radical (unpaired) electrons. The summed E-state index contributed by atoms with van der Waals surface area (Å²) in [5.41, 5.74) is 0. The van der Waals surface area contributed by atoms with E-state index in [1.807, 2.05) is 0 Å².